The van der Waals surface area contributed by atoms with Crippen LogP contribution in [0.3, 0.4) is 0 Å². The van der Waals surface area contributed by atoms with Gasteiger partial charge >= 0.3 is 0 Å². The van der Waals surface area contributed by atoms with E-state index in [1.54, 1.807) is 36.4 Å². The second-order valence-electron chi connectivity index (χ2n) is 7.12. The third-order valence-electron chi connectivity index (χ3n) is 4.43. The number of hydrogen-bond donors (Lipinski definition) is 2. The molecule has 3 aromatic rings. The lowest BCUT2D eigenvalue weighted by Gasteiger charge is -2.07. The summed E-state index contributed by atoms with van der Waals surface area (Å²) in [5, 5.41) is 17.2. The lowest BCUT2D eigenvalue weighted by molar-refractivity contribution is -0.384. The molecule has 9 nitrogen and oxygen atoms in total. The van der Waals surface area contributed by atoms with E-state index in [0.29, 0.717) is 22.8 Å². The van der Waals surface area contributed by atoms with Crippen LogP contribution in [0.2, 0.25) is 0 Å². The van der Waals surface area contributed by atoms with Gasteiger partial charge in [0.05, 0.1) is 16.9 Å². The van der Waals surface area contributed by atoms with E-state index in [1.165, 1.54) is 54.4 Å². The molecule has 0 saturated heterocycles. The van der Waals surface area contributed by atoms with Crippen LogP contribution in [0.1, 0.15) is 11.1 Å². The molecule has 0 atom stereocenters. The van der Waals surface area contributed by atoms with Crippen LogP contribution in [0.5, 0.6) is 5.75 Å². The van der Waals surface area contributed by atoms with Crippen molar-refractivity contribution in [3.63, 3.8) is 0 Å². The molecule has 0 saturated carbocycles. The number of anilines is 1. The van der Waals surface area contributed by atoms with E-state index in [4.69, 9.17) is 4.74 Å². The number of non-ortho nitro benzene ring substituents is 1. The highest BCUT2D eigenvalue weighted by molar-refractivity contribution is 7.99. The van der Waals surface area contributed by atoms with Gasteiger partial charge in [0, 0.05) is 23.6 Å². The van der Waals surface area contributed by atoms with Gasteiger partial charge < -0.3 is 10.1 Å². The Kier molecular flexibility index (Phi) is 9.31. The highest BCUT2D eigenvalue weighted by atomic mass is 32.2. The maximum Gasteiger partial charge on any atom is 0.269 e. The van der Waals surface area contributed by atoms with Crippen molar-refractivity contribution in [3.05, 3.63) is 99.9 Å². The second-order valence-corrected chi connectivity index (χ2v) is 8.11. The number of nitro groups is 1. The summed E-state index contributed by atoms with van der Waals surface area (Å²) in [5.74, 6) is 0.153. The van der Waals surface area contributed by atoms with Gasteiger partial charge in [0.15, 0.2) is 6.61 Å². The second kappa shape index (κ2) is 12.8. The van der Waals surface area contributed by atoms with Crippen LogP contribution < -0.4 is 15.5 Å². The van der Waals surface area contributed by atoms with Gasteiger partial charge in [-0.05, 0) is 59.7 Å². The lowest BCUT2D eigenvalue weighted by atomic mass is 10.2. The van der Waals surface area contributed by atoms with Crippen LogP contribution >= 0.6 is 11.8 Å². The number of halogens is 1. The number of ether oxygens (including phenoxy) is 1. The minimum atomic E-state index is -0.459. The lowest BCUT2D eigenvalue weighted by Crippen LogP contribution is -2.20. The first-order valence-electron chi connectivity index (χ1n) is 10.3. The van der Waals surface area contributed by atoms with Crippen LogP contribution in [-0.2, 0) is 15.3 Å². The van der Waals surface area contributed by atoms with E-state index in [9.17, 15) is 24.1 Å². The molecule has 0 aliphatic heterocycles. The molecule has 0 unspecified atom stereocenters. The van der Waals surface area contributed by atoms with Crippen molar-refractivity contribution in [1.29, 1.82) is 0 Å². The van der Waals surface area contributed by atoms with Gasteiger partial charge in [-0.15, -0.1) is 11.8 Å². The standard InChI is InChI=1S/C24H21FN4O5S/c25-19-5-7-20(8-6-19)27-23(30)14-34-22-11-3-17(4-12-22)13-26-28-24(31)16-35-15-18-1-9-21(10-2-18)29(32)33/h1-13H,14-16H2,(H,27,30)(H,28,31). The Balaban J connectivity index is 1.34. The van der Waals surface area contributed by atoms with Crippen LogP contribution in [-0.4, -0.2) is 35.3 Å². The van der Waals surface area contributed by atoms with Crippen molar-refractivity contribution < 1.29 is 23.6 Å². The van der Waals surface area contributed by atoms with Crippen molar-refractivity contribution in [2.75, 3.05) is 17.7 Å². The number of nitrogens with one attached hydrogen (secondary N) is 2. The molecule has 2 N–H and O–H groups in total. The summed E-state index contributed by atoms with van der Waals surface area (Å²) < 4.78 is 18.3. The third kappa shape index (κ3) is 8.89. The molecule has 3 aromatic carbocycles. The van der Waals surface area contributed by atoms with Gasteiger partial charge in [-0.25, -0.2) is 9.82 Å². The highest BCUT2D eigenvalue weighted by Crippen LogP contribution is 2.17. The fourth-order valence-corrected chi connectivity index (χ4v) is 3.50. The average Bonchev–Trinajstić information content (AvgIpc) is 2.85. The Labute approximate surface area is 204 Å². The zero-order chi connectivity index (χ0) is 25.0. The highest BCUT2D eigenvalue weighted by Gasteiger charge is 2.06. The van der Waals surface area contributed by atoms with Crippen LogP contribution in [0.4, 0.5) is 15.8 Å². The van der Waals surface area contributed by atoms with E-state index in [-0.39, 0.29) is 35.7 Å². The molecule has 0 radical (unpaired) electrons. The monoisotopic (exact) mass is 496 g/mol. The molecule has 35 heavy (non-hydrogen) atoms. The summed E-state index contributed by atoms with van der Waals surface area (Å²) in [6.45, 7) is -0.210. The summed E-state index contributed by atoms with van der Waals surface area (Å²) in [5.41, 5.74) is 4.53. The van der Waals surface area contributed by atoms with Gasteiger partial charge in [0.25, 0.3) is 11.6 Å². The van der Waals surface area contributed by atoms with Crippen LogP contribution in [0.15, 0.2) is 77.9 Å². The zero-order valence-electron chi connectivity index (χ0n) is 18.3. The predicted octanol–water partition coefficient (Wildman–Crippen LogP) is 4.13. The Bertz CT molecular complexity index is 1190. The summed E-state index contributed by atoms with van der Waals surface area (Å²) in [4.78, 5) is 34.0. The van der Waals surface area contributed by atoms with Gasteiger partial charge in [0.2, 0.25) is 5.91 Å². The van der Waals surface area contributed by atoms with E-state index < -0.39 is 4.92 Å². The number of nitrogens with zero attached hydrogens (tertiary/aromatic N) is 2. The fourth-order valence-electron chi connectivity index (χ4n) is 2.72. The molecular weight excluding hydrogens is 475 g/mol. The number of carbonyl (C=O) groups is 2. The van der Waals surface area contributed by atoms with E-state index in [2.05, 4.69) is 15.8 Å². The number of carbonyl (C=O) groups excluding carboxylic acids is 2. The molecule has 2 amide bonds. The maximum atomic E-state index is 12.9. The molecule has 0 aliphatic carbocycles. The summed E-state index contributed by atoms with van der Waals surface area (Å²) in [7, 11) is 0. The molecule has 0 spiro atoms. The SMILES string of the molecule is O=C(CSCc1ccc([N+](=O)[O-])cc1)NN=Cc1ccc(OCC(=O)Nc2ccc(F)cc2)cc1. The number of hydrogen-bond acceptors (Lipinski definition) is 7. The number of thioether (sulfide) groups is 1. The maximum absolute atomic E-state index is 12.9. The first-order chi connectivity index (χ1) is 16.9. The summed E-state index contributed by atoms with van der Waals surface area (Å²) >= 11 is 1.36. The molecule has 11 heteroatoms. The molecular formula is C24H21FN4O5S. The van der Waals surface area contributed by atoms with Crippen molar-refractivity contribution in [2.24, 2.45) is 5.10 Å². The molecule has 0 bridgehead atoms. The molecule has 0 heterocycles. The zero-order valence-corrected chi connectivity index (χ0v) is 19.2. The number of rotatable bonds is 11. The minimum Gasteiger partial charge on any atom is -0.484 e. The quantitative estimate of drug-likeness (QED) is 0.234. The van der Waals surface area contributed by atoms with E-state index >= 15 is 0 Å². The van der Waals surface area contributed by atoms with Crippen molar-refractivity contribution in [1.82, 2.24) is 5.43 Å². The largest absolute Gasteiger partial charge is 0.484 e. The Morgan fingerprint density at radius 3 is 2.34 bits per heavy atom. The number of amides is 2. The third-order valence-corrected chi connectivity index (χ3v) is 5.43. The van der Waals surface area contributed by atoms with Gasteiger partial charge in [0.1, 0.15) is 11.6 Å². The molecule has 0 aromatic heterocycles. The van der Waals surface area contributed by atoms with Gasteiger partial charge in [-0.3, -0.25) is 19.7 Å². The molecule has 0 fully saturated rings. The van der Waals surface area contributed by atoms with Gasteiger partial charge in [-0.1, -0.05) is 12.1 Å². The summed E-state index contributed by atoms with van der Waals surface area (Å²) in [6.07, 6.45) is 1.48. The minimum absolute atomic E-state index is 0.0257. The molecule has 180 valence electrons. The van der Waals surface area contributed by atoms with Crippen LogP contribution in [0, 0.1) is 15.9 Å². The topological polar surface area (TPSA) is 123 Å². The number of benzene rings is 3. The predicted molar refractivity (Wildman–Crippen MR) is 132 cm³/mol. The Hall–Kier alpha value is -4.25. The van der Waals surface area contributed by atoms with Crippen LogP contribution in [0.25, 0.3) is 0 Å². The smallest absolute Gasteiger partial charge is 0.269 e. The number of nitro benzene ring substituents is 1. The number of hydrazone groups is 1. The van der Waals surface area contributed by atoms with Crippen molar-refractivity contribution in [3.8, 4) is 5.75 Å². The summed E-state index contributed by atoms with van der Waals surface area (Å²) in [6, 6.07) is 18.3. The fraction of sp³-hybridized carbons (Fsp3) is 0.125. The van der Waals surface area contributed by atoms with E-state index in [0.717, 1.165) is 5.56 Å². The van der Waals surface area contributed by atoms with Gasteiger partial charge in [-0.2, -0.15) is 5.10 Å². The first kappa shape index (κ1) is 25.4. The normalized spacial score (nSPS) is 10.7. The van der Waals surface area contributed by atoms with E-state index in [1.807, 2.05) is 0 Å². The molecule has 0 aliphatic rings. The van der Waals surface area contributed by atoms with Crippen molar-refractivity contribution in [2.45, 2.75) is 5.75 Å². The first-order valence-corrected chi connectivity index (χ1v) is 11.5. The Morgan fingerprint density at radius 1 is 1.00 bits per heavy atom. The average molecular weight is 497 g/mol. The van der Waals surface area contributed by atoms with Crippen molar-refractivity contribution >= 4 is 41.2 Å². The molecule has 3 rings (SSSR count). The Morgan fingerprint density at radius 2 is 1.69 bits per heavy atom.